The molecule has 6 heteroatoms. The quantitative estimate of drug-likeness (QED) is 0.175. The molecule has 8 aromatic carbocycles. The highest BCUT2D eigenvalue weighted by molar-refractivity contribution is 7.26. The Labute approximate surface area is 352 Å². The van der Waals surface area contributed by atoms with Crippen molar-refractivity contribution in [3.05, 3.63) is 182 Å². The molecule has 0 spiro atoms. The number of nitrogens with zero attached hydrogens (tertiary/aromatic N) is 4. The maximum absolute atomic E-state index is 9.20. The highest BCUT2D eigenvalue weighted by Crippen LogP contribution is 2.43. The molecule has 0 N–H and O–H groups in total. The highest BCUT2D eigenvalue weighted by Gasteiger charge is 2.21. The van der Waals surface area contributed by atoms with Crippen molar-refractivity contribution in [3.8, 4) is 51.0 Å². The van der Waals surface area contributed by atoms with Crippen LogP contribution in [-0.2, 0) is 0 Å². The van der Waals surface area contributed by atoms with Crippen LogP contribution in [0.2, 0.25) is 0 Å². The fourth-order valence-corrected chi connectivity index (χ4v) is 9.98. The molecule has 0 atom stereocenters. The van der Waals surface area contributed by atoms with Gasteiger partial charge in [0.15, 0.2) is 17.5 Å². The topological polar surface area (TPSA) is 43.6 Å². The average molecular weight is 775 g/mol. The van der Waals surface area contributed by atoms with E-state index in [1.807, 2.05) is 54.6 Å². The average Bonchev–Trinajstić information content (AvgIpc) is 4.06. The summed E-state index contributed by atoms with van der Waals surface area (Å²) in [6.07, 6.45) is 0. The van der Waals surface area contributed by atoms with Gasteiger partial charge in [-0.1, -0.05) is 133 Å². The summed E-state index contributed by atoms with van der Waals surface area (Å²) in [5.74, 6) is 0.782. The van der Waals surface area contributed by atoms with Gasteiger partial charge in [0.25, 0.3) is 0 Å². The van der Waals surface area contributed by atoms with Crippen molar-refractivity contribution in [1.29, 1.82) is 0 Å². The normalized spacial score (nSPS) is 14.8. The van der Waals surface area contributed by atoms with Gasteiger partial charge >= 0.3 is 0 Å². The van der Waals surface area contributed by atoms with Gasteiger partial charge in [-0.05, 0) is 59.6 Å². The Morgan fingerprint density at radius 3 is 2.05 bits per heavy atom. The van der Waals surface area contributed by atoms with E-state index in [2.05, 4.69) is 12.1 Å². The molecule has 0 amide bonds. The molecule has 4 heterocycles. The minimum absolute atomic E-state index is 0.0170. The van der Waals surface area contributed by atoms with E-state index in [1.54, 1.807) is 46.2 Å². The molecule has 4 aromatic heterocycles. The number of thiophene rings is 2. The number of para-hydroxylation sites is 3. The Morgan fingerprint density at radius 2 is 1.11 bits per heavy atom. The maximum Gasteiger partial charge on any atom is 0.166 e. The van der Waals surface area contributed by atoms with Crippen LogP contribution in [0.15, 0.2) is 182 Å². The molecule has 4 nitrogen and oxygen atoms in total. The molecule has 266 valence electrons. The van der Waals surface area contributed by atoms with Crippen molar-refractivity contribution in [2.45, 2.75) is 0 Å². The summed E-state index contributed by atoms with van der Waals surface area (Å²) in [4.78, 5) is 15.5. The van der Waals surface area contributed by atoms with E-state index in [9.17, 15) is 1.37 Å². The molecular formula is C51H30N4S2. The standard InChI is InChI=1S/C51H30N4S2/c1-6-24-41-34(16-1)35-17-2-7-25-42(35)55(41)43-26-8-3-19-38(43)50-52-49(53-51(54-50)40-23-13-29-46-47(40)39-20-5-10-28-45(39)56-46)32-15-11-14-31(30-32)33-21-12-22-37-36-18-4-9-27-44(36)57-48(33)37/h1-30H/i1D,2D,4D,6D,12D,16D,17D,18D,22D,24D,25D,27D. The molecule has 0 bridgehead atoms. The van der Waals surface area contributed by atoms with Crippen molar-refractivity contribution in [1.82, 2.24) is 19.5 Å². The third kappa shape index (κ3) is 5.08. The van der Waals surface area contributed by atoms with Crippen LogP contribution in [0.4, 0.5) is 0 Å². The molecule has 12 aromatic rings. The fourth-order valence-electron chi connectivity index (χ4n) is 7.73. The largest absolute Gasteiger partial charge is 0.309 e. The first-order valence-corrected chi connectivity index (χ1v) is 19.7. The van der Waals surface area contributed by atoms with Crippen LogP contribution in [0.1, 0.15) is 16.4 Å². The minimum Gasteiger partial charge on any atom is -0.309 e. The van der Waals surface area contributed by atoms with Crippen molar-refractivity contribution in [2.24, 2.45) is 0 Å². The predicted octanol–water partition coefficient (Wildman–Crippen LogP) is 14.4. The van der Waals surface area contributed by atoms with Crippen LogP contribution >= 0.6 is 22.7 Å². The third-order valence-electron chi connectivity index (χ3n) is 10.2. The molecule has 0 unspecified atom stereocenters. The van der Waals surface area contributed by atoms with Crippen molar-refractivity contribution >= 4 is 84.8 Å². The van der Waals surface area contributed by atoms with Crippen molar-refractivity contribution in [2.75, 3.05) is 0 Å². The summed E-state index contributed by atoms with van der Waals surface area (Å²) in [5, 5.41) is 2.67. The lowest BCUT2D eigenvalue weighted by atomic mass is 10.0. The number of hydrogen-bond donors (Lipinski definition) is 0. The number of benzene rings is 8. The Balaban J connectivity index is 1.15. The molecule has 0 fully saturated rings. The maximum atomic E-state index is 9.20. The Morgan fingerprint density at radius 1 is 0.421 bits per heavy atom. The molecule has 0 radical (unpaired) electrons. The second-order valence-corrected chi connectivity index (χ2v) is 15.5. The molecule has 57 heavy (non-hydrogen) atoms. The summed E-state index contributed by atoms with van der Waals surface area (Å²) >= 11 is 2.89. The lowest BCUT2D eigenvalue weighted by Crippen LogP contribution is -2.03. The van der Waals surface area contributed by atoms with Crippen LogP contribution in [0, 0.1) is 0 Å². The zero-order valence-electron chi connectivity index (χ0n) is 41.5. The molecule has 0 aliphatic rings. The van der Waals surface area contributed by atoms with E-state index in [4.69, 9.17) is 30.0 Å². The third-order valence-corrected chi connectivity index (χ3v) is 12.5. The first kappa shape index (κ1) is 22.5. The Hall–Kier alpha value is -6.99. The summed E-state index contributed by atoms with van der Waals surface area (Å²) in [6.45, 7) is 0. The van der Waals surface area contributed by atoms with Crippen LogP contribution in [0.5, 0.6) is 0 Å². The van der Waals surface area contributed by atoms with Gasteiger partial charge in [-0.15, -0.1) is 22.7 Å². The van der Waals surface area contributed by atoms with E-state index < -0.39 is 18.1 Å². The Bertz CT molecular complexity index is 4260. The van der Waals surface area contributed by atoms with E-state index >= 15 is 0 Å². The molecular weight excluding hydrogens is 733 g/mol. The van der Waals surface area contributed by atoms with Crippen LogP contribution < -0.4 is 0 Å². The summed E-state index contributed by atoms with van der Waals surface area (Å²) in [7, 11) is 0. The van der Waals surface area contributed by atoms with Gasteiger partial charge in [0, 0.05) is 67.8 Å². The SMILES string of the molecule is [2H]c1cc([2H])c2sc3c(-c4cccc(-c5nc(-c6ccccc6-n6c7c([2H])cc([2H])c([2H])c7c7c([2H])c([2H])c([2H])c([2H])c76)nc(-c6cccc7sc8ccccc8c67)n5)c4)cc([2H])c([2H])c3c2c1[2H]. The summed E-state index contributed by atoms with van der Waals surface area (Å²) < 4.78 is 110. The van der Waals surface area contributed by atoms with Crippen LogP contribution in [0.25, 0.3) is 113 Å². The molecule has 0 aliphatic heterocycles. The second-order valence-electron chi connectivity index (χ2n) is 13.4. The van der Waals surface area contributed by atoms with E-state index in [0.29, 0.717) is 53.9 Å². The van der Waals surface area contributed by atoms with Crippen LogP contribution in [-0.4, -0.2) is 19.5 Å². The van der Waals surface area contributed by atoms with E-state index in [1.165, 1.54) is 23.5 Å². The predicted molar refractivity (Wildman–Crippen MR) is 242 cm³/mol. The smallest absolute Gasteiger partial charge is 0.166 e. The zero-order valence-corrected chi connectivity index (χ0v) is 31.1. The van der Waals surface area contributed by atoms with Gasteiger partial charge in [-0.3, -0.25) is 0 Å². The van der Waals surface area contributed by atoms with E-state index in [-0.39, 0.29) is 87.8 Å². The number of hydrogen-bond acceptors (Lipinski definition) is 5. The van der Waals surface area contributed by atoms with Gasteiger partial charge in [0.1, 0.15) is 0 Å². The fraction of sp³-hybridized carbons (Fsp3) is 0. The first-order valence-electron chi connectivity index (χ1n) is 24.0. The summed E-state index contributed by atoms with van der Waals surface area (Å²) in [5.41, 5.74) is 3.46. The van der Waals surface area contributed by atoms with Gasteiger partial charge in [-0.25, -0.2) is 15.0 Å². The number of rotatable bonds is 5. The lowest BCUT2D eigenvalue weighted by Gasteiger charge is -2.15. The van der Waals surface area contributed by atoms with Gasteiger partial charge in [-0.2, -0.15) is 0 Å². The molecule has 12 rings (SSSR count). The molecule has 0 saturated carbocycles. The summed E-state index contributed by atoms with van der Waals surface area (Å²) in [6, 6.07) is 29.9. The molecule has 0 aliphatic carbocycles. The van der Waals surface area contributed by atoms with Gasteiger partial charge < -0.3 is 4.57 Å². The Kier molecular flexibility index (Phi) is 5.05. The minimum atomic E-state index is -0.503. The van der Waals surface area contributed by atoms with Crippen molar-refractivity contribution < 1.29 is 16.4 Å². The second kappa shape index (κ2) is 12.8. The molecule has 0 saturated heterocycles. The first-order chi connectivity index (χ1) is 33.2. The number of fused-ring (bicyclic) bond motifs is 9. The zero-order chi connectivity index (χ0) is 47.9. The highest BCUT2D eigenvalue weighted by atomic mass is 32.1. The van der Waals surface area contributed by atoms with E-state index in [0.717, 1.165) is 25.7 Å². The monoisotopic (exact) mass is 774 g/mol. The lowest BCUT2D eigenvalue weighted by molar-refractivity contribution is 1.07. The van der Waals surface area contributed by atoms with Crippen LogP contribution in [0.3, 0.4) is 0 Å². The van der Waals surface area contributed by atoms with Gasteiger partial charge in [0.05, 0.1) is 33.2 Å². The number of aromatic nitrogens is 4. The van der Waals surface area contributed by atoms with Crippen molar-refractivity contribution in [3.63, 3.8) is 0 Å². The van der Waals surface area contributed by atoms with Gasteiger partial charge in [0.2, 0.25) is 0 Å².